The molecule has 0 aromatic carbocycles. The first kappa shape index (κ1) is 7.60. The SMILES string of the molecule is CC1CCCC2CCC12CN. The average molecular weight is 153 g/mol. The molecule has 11 heavy (non-hydrogen) atoms. The van der Waals surface area contributed by atoms with Gasteiger partial charge < -0.3 is 5.73 Å². The van der Waals surface area contributed by atoms with Crippen LogP contribution in [-0.2, 0) is 0 Å². The Bertz CT molecular complexity index is 143. The molecule has 0 aromatic heterocycles. The van der Waals surface area contributed by atoms with E-state index >= 15 is 0 Å². The summed E-state index contributed by atoms with van der Waals surface area (Å²) in [7, 11) is 0. The summed E-state index contributed by atoms with van der Waals surface area (Å²) in [6.07, 6.45) is 7.21. The molecule has 0 radical (unpaired) electrons. The molecule has 0 aliphatic heterocycles. The highest BCUT2D eigenvalue weighted by Gasteiger charge is 2.50. The van der Waals surface area contributed by atoms with Gasteiger partial charge >= 0.3 is 0 Å². The lowest BCUT2D eigenvalue weighted by Crippen LogP contribution is -2.52. The van der Waals surface area contributed by atoms with Crippen molar-refractivity contribution in [1.82, 2.24) is 0 Å². The smallest absolute Gasteiger partial charge is 0.00153 e. The quantitative estimate of drug-likeness (QED) is 0.614. The second-order valence-corrected chi connectivity index (χ2v) is 4.50. The third-order valence-corrected chi connectivity index (χ3v) is 4.32. The van der Waals surface area contributed by atoms with Crippen LogP contribution in [0.25, 0.3) is 0 Å². The summed E-state index contributed by atoms with van der Waals surface area (Å²) in [5.74, 6) is 1.90. The van der Waals surface area contributed by atoms with Gasteiger partial charge in [-0.15, -0.1) is 0 Å². The maximum absolute atomic E-state index is 5.87. The van der Waals surface area contributed by atoms with Crippen molar-refractivity contribution in [2.24, 2.45) is 23.0 Å². The van der Waals surface area contributed by atoms with Crippen molar-refractivity contribution in [2.45, 2.75) is 39.0 Å². The predicted octanol–water partition coefficient (Wildman–Crippen LogP) is 2.16. The van der Waals surface area contributed by atoms with Crippen molar-refractivity contribution in [3.8, 4) is 0 Å². The van der Waals surface area contributed by atoms with Gasteiger partial charge in [0, 0.05) is 0 Å². The molecule has 2 fully saturated rings. The van der Waals surface area contributed by atoms with E-state index in [4.69, 9.17) is 5.73 Å². The van der Waals surface area contributed by atoms with E-state index < -0.39 is 0 Å². The summed E-state index contributed by atoms with van der Waals surface area (Å²) in [6.45, 7) is 3.34. The van der Waals surface area contributed by atoms with Crippen molar-refractivity contribution in [3.05, 3.63) is 0 Å². The maximum Gasteiger partial charge on any atom is -0.00153 e. The van der Waals surface area contributed by atoms with Crippen molar-refractivity contribution in [3.63, 3.8) is 0 Å². The van der Waals surface area contributed by atoms with Crippen LogP contribution in [0.3, 0.4) is 0 Å². The number of rotatable bonds is 1. The highest BCUT2D eigenvalue weighted by Crippen LogP contribution is 2.57. The lowest BCUT2D eigenvalue weighted by atomic mass is 9.50. The van der Waals surface area contributed by atoms with Gasteiger partial charge in [0.1, 0.15) is 0 Å². The second kappa shape index (κ2) is 2.48. The molecular weight excluding hydrogens is 134 g/mol. The van der Waals surface area contributed by atoms with Crippen LogP contribution >= 0.6 is 0 Å². The molecule has 0 bridgehead atoms. The largest absolute Gasteiger partial charge is 0.330 e. The van der Waals surface area contributed by atoms with E-state index in [1.54, 1.807) is 0 Å². The molecule has 0 spiro atoms. The molecule has 2 rings (SSSR count). The summed E-state index contributed by atoms with van der Waals surface area (Å²) in [5, 5.41) is 0. The Morgan fingerprint density at radius 1 is 1.36 bits per heavy atom. The van der Waals surface area contributed by atoms with Gasteiger partial charge in [-0.3, -0.25) is 0 Å². The Morgan fingerprint density at radius 3 is 2.55 bits per heavy atom. The van der Waals surface area contributed by atoms with E-state index in [9.17, 15) is 0 Å². The molecule has 1 nitrogen and oxygen atoms in total. The summed E-state index contributed by atoms with van der Waals surface area (Å²) in [4.78, 5) is 0. The Hall–Kier alpha value is -0.0400. The first-order valence-electron chi connectivity index (χ1n) is 4.99. The number of hydrogen-bond acceptors (Lipinski definition) is 1. The molecule has 2 aliphatic carbocycles. The van der Waals surface area contributed by atoms with E-state index in [0.717, 1.165) is 18.4 Å². The molecular formula is C10H19N. The van der Waals surface area contributed by atoms with E-state index in [-0.39, 0.29) is 0 Å². The monoisotopic (exact) mass is 153 g/mol. The normalized spacial score (nSPS) is 49.6. The van der Waals surface area contributed by atoms with Crippen LogP contribution in [0.1, 0.15) is 39.0 Å². The fourth-order valence-electron chi connectivity index (χ4n) is 3.23. The van der Waals surface area contributed by atoms with Crippen LogP contribution in [0.15, 0.2) is 0 Å². The van der Waals surface area contributed by atoms with Crippen LogP contribution < -0.4 is 5.73 Å². The van der Waals surface area contributed by atoms with Crippen LogP contribution in [-0.4, -0.2) is 6.54 Å². The Labute approximate surface area is 69.4 Å². The van der Waals surface area contributed by atoms with Crippen LogP contribution in [0.2, 0.25) is 0 Å². The molecule has 2 aliphatic rings. The predicted molar refractivity (Wildman–Crippen MR) is 47.2 cm³/mol. The Kier molecular flexibility index (Phi) is 1.71. The zero-order chi connectivity index (χ0) is 7.90. The van der Waals surface area contributed by atoms with E-state index in [1.807, 2.05) is 0 Å². The summed E-state index contributed by atoms with van der Waals surface area (Å²) >= 11 is 0. The molecule has 0 heterocycles. The maximum atomic E-state index is 5.87. The number of fused-ring (bicyclic) bond motifs is 1. The molecule has 3 unspecified atom stereocenters. The van der Waals surface area contributed by atoms with Crippen molar-refractivity contribution >= 4 is 0 Å². The molecule has 2 N–H and O–H groups in total. The molecule has 2 saturated carbocycles. The zero-order valence-electron chi connectivity index (χ0n) is 7.47. The van der Waals surface area contributed by atoms with E-state index in [1.165, 1.54) is 32.1 Å². The Balaban J connectivity index is 2.13. The van der Waals surface area contributed by atoms with Gasteiger partial charge in [0.05, 0.1) is 0 Å². The first-order chi connectivity index (χ1) is 5.29. The van der Waals surface area contributed by atoms with Gasteiger partial charge in [-0.25, -0.2) is 0 Å². The molecule has 1 heteroatoms. The minimum Gasteiger partial charge on any atom is -0.330 e. The molecule has 3 atom stereocenters. The first-order valence-corrected chi connectivity index (χ1v) is 4.99. The standard InChI is InChI=1S/C10H19N/c1-8-3-2-4-9-5-6-10(8,9)7-11/h8-9H,2-7,11H2,1H3. The van der Waals surface area contributed by atoms with Crippen molar-refractivity contribution in [2.75, 3.05) is 6.54 Å². The second-order valence-electron chi connectivity index (χ2n) is 4.50. The van der Waals surface area contributed by atoms with Crippen LogP contribution in [0, 0.1) is 17.3 Å². The minimum atomic E-state index is 0.595. The fraction of sp³-hybridized carbons (Fsp3) is 1.00. The van der Waals surface area contributed by atoms with E-state index in [0.29, 0.717) is 5.41 Å². The highest BCUT2D eigenvalue weighted by atomic mass is 14.7. The number of nitrogens with two attached hydrogens (primary N) is 1. The Morgan fingerprint density at radius 2 is 2.18 bits per heavy atom. The lowest BCUT2D eigenvalue weighted by molar-refractivity contribution is -0.0524. The lowest BCUT2D eigenvalue weighted by Gasteiger charge is -2.56. The fourth-order valence-corrected chi connectivity index (χ4v) is 3.23. The average Bonchev–Trinajstić information content (AvgIpc) is 1.96. The van der Waals surface area contributed by atoms with Gasteiger partial charge in [0.2, 0.25) is 0 Å². The van der Waals surface area contributed by atoms with Gasteiger partial charge in [-0.2, -0.15) is 0 Å². The van der Waals surface area contributed by atoms with Gasteiger partial charge in [-0.05, 0) is 43.1 Å². The molecule has 0 aromatic rings. The summed E-state index contributed by atoms with van der Waals surface area (Å²) in [6, 6.07) is 0. The van der Waals surface area contributed by atoms with Gasteiger partial charge in [0.15, 0.2) is 0 Å². The molecule has 0 saturated heterocycles. The summed E-state index contributed by atoms with van der Waals surface area (Å²) < 4.78 is 0. The van der Waals surface area contributed by atoms with Crippen molar-refractivity contribution in [1.29, 1.82) is 0 Å². The van der Waals surface area contributed by atoms with Gasteiger partial charge in [-0.1, -0.05) is 19.8 Å². The molecule has 64 valence electrons. The number of hydrogen-bond donors (Lipinski definition) is 1. The highest BCUT2D eigenvalue weighted by molar-refractivity contribution is 5.01. The zero-order valence-corrected chi connectivity index (χ0v) is 7.47. The molecule has 0 amide bonds. The minimum absolute atomic E-state index is 0.595. The third kappa shape index (κ3) is 0.868. The van der Waals surface area contributed by atoms with Crippen LogP contribution in [0.4, 0.5) is 0 Å². The summed E-state index contributed by atoms with van der Waals surface area (Å²) in [5.41, 5.74) is 6.47. The van der Waals surface area contributed by atoms with Crippen LogP contribution in [0.5, 0.6) is 0 Å². The van der Waals surface area contributed by atoms with Crippen molar-refractivity contribution < 1.29 is 0 Å². The topological polar surface area (TPSA) is 26.0 Å². The third-order valence-electron chi connectivity index (χ3n) is 4.32. The van der Waals surface area contributed by atoms with E-state index in [2.05, 4.69) is 6.92 Å². The van der Waals surface area contributed by atoms with Gasteiger partial charge in [0.25, 0.3) is 0 Å².